The van der Waals surface area contributed by atoms with E-state index in [1.807, 2.05) is 42.5 Å². The minimum atomic E-state index is -0.202. The van der Waals surface area contributed by atoms with Crippen molar-refractivity contribution in [3.63, 3.8) is 0 Å². The van der Waals surface area contributed by atoms with E-state index in [1.165, 1.54) is 6.07 Å². The second-order valence-corrected chi connectivity index (χ2v) is 9.68. The highest BCUT2D eigenvalue weighted by molar-refractivity contribution is 7.14. The normalized spacial score (nSPS) is 14.2. The van der Waals surface area contributed by atoms with E-state index in [-0.39, 0.29) is 11.2 Å². The van der Waals surface area contributed by atoms with Crippen LogP contribution in [-0.2, 0) is 0 Å². The number of nitrogens with one attached hydrogen (secondary N) is 2. The zero-order chi connectivity index (χ0) is 23.5. The number of nitrogens with two attached hydrogens (primary N) is 1. The quantitative estimate of drug-likeness (QED) is 0.339. The van der Waals surface area contributed by atoms with Gasteiger partial charge in [0.05, 0.1) is 29.3 Å². The number of aromatic nitrogens is 6. The Morgan fingerprint density at radius 3 is 2.74 bits per heavy atom. The molecule has 1 aromatic carbocycles. The van der Waals surface area contributed by atoms with Gasteiger partial charge in [-0.25, -0.2) is 9.97 Å². The molecule has 0 radical (unpaired) electrons. The molecule has 1 fully saturated rings. The molecule has 0 amide bonds. The number of H-pyrrole nitrogens is 2. The summed E-state index contributed by atoms with van der Waals surface area (Å²) in [5.41, 5.74) is 12.3. The number of nitrogens with zero attached hydrogens (tertiary/aromatic N) is 5. The molecule has 6 aromatic rings. The number of thiophene rings is 1. The van der Waals surface area contributed by atoms with E-state index in [1.54, 1.807) is 12.4 Å². The lowest BCUT2D eigenvalue weighted by Crippen LogP contribution is -2.56. The third-order valence-electron chi connectivity index (χ3n) is 6.28. The number of pyridine rings is 1. The van der Waals surface area contributed by atoms with Gasteiger partial charge in [-0.3, -0.25) is 10.1 Å². The Bertz CT molecular complexity index is 1710. The molecule has 0 atom stereocenters. The van der Waals surface area contributed by atoms with Crippen LogP contribution < -0.4 is 10.6 Å². The van der Waals surface area contributed by atoms with Gasteiger partial charge in [0.1, 0.15) is 22.7 Å². The van der Waals surface area contributed by atoms with Crippen molar-refractivity contribution in [2.45, 2.75) is 6.04 Å². The van der Waals surface area contributed by atoms with E-state index in [4.69, 9.17) is 15.7 Å². The van der Waals surface area contributed by atoms with Gasteiger partial charge in [-0.1, -0.05) is 12.1 Å². The van der Waals surface area contributed by atoms with Crippen LogP contribution >= 0.6 is 11.3 Å². The lowest BCUT2D eigenvalue weighted by Gasteiger charge is -2.37. The molecule has 35 heavy (non-hydrogen) atoms. The Balaban J connectivity index is 1.31. The first-order valence-corrected chi connectivity index (χ1v) is 12.0. The van der Waals surface area contributed by atoms with Crippen molar-refractivity contribution in [1.29, 1.82) is 0 Å². The molecule has 10 heteroatoms. The Kier molecular flexibility index (Phi) is 4.45. The molecule has 0 unspecified atom stereocenters. The first kappa shape index (κ1) is 20.2. The minimum Gasteiger partial charge on any atom is -0.353 e. The minimum absolute atomic E-state index is 0.180. The number of anilines is 1. The van der Waals surface area contributed by atoms with Crippen LogP contribution in [0.2, 0.25) is 0 Å². The van der Waals surface area contributed by atoms with E-state index in [0.717, 1.165) is 68.3 Å². The molecule has 1 aliphatic heterocycles. The van der Waals surface area contributed by atoms with Gasteiger partial charge in [-0.05, 0) is 36.4 Å². The molecule has 172 valence electrons. The summed E-state index contributed by atoms with van der Waals surface area (Å²) in [6.07, 6.45) is 3.46. The van der Waals surface area contributed by atoms with Crippen molar-refractivity contribution >= 4 is 39.1 Å². The van der Waals surface area contributed by atoms with Gasteiger partial charge in [-0.2, -0.15) is 9.49 Å². The fourth-order valence-electron chi connectivity index (χ4n) is 4.52. The molecule has 0 bridgehead atoms. The van der Waals surface area contributed by atoms with Gasteiger partial charge in [0.25, 0.3) is 0 Å². The molecule has 8 nitrogen and oxygen atoms in total. The summed E-state index contributed by atoms with van der Waals surface area (Å²) in [5.74, 6) is 0.798. The van der Waals surface area contributed by atoms with E-state index in [0.29, 0.717) is 17.1 Å². The van der Waals surface area contributed by atoms with E-state index in [9.17, 15) is 4.39 Å². The molecular weight excluding hydrogens is 463 g/mol. The van der Waals surface area contributed by atoms with Crippen LogP contribution in [0.1, 0.15) is 0 Å². The average Bonchev–Trinajstić information content (AvgIpc) is 3.59. The molecule has 1 aliphatic rings. The molecule has 1 saturated heterocycles. The van der Waals surface area contributed by atoms with Crippen LogP contribution in [0, 0.1) is 5.13 Å². The van der Waals surface area contributed by atoms with Crippen molar-refractivity contribution in [1.82, 2.24) is 30.1 Å². The number of hydrogen-bond acceptors (Lipinski definition) is 7. The number of aromatic amines is 2. The number of fused-ring (bicyclic) bond motifs is 2. The number of benzene rings is 1. The maximum Gasteiger partial charge on any atom is 0.176 e. The lowest BCUT2D eigenvalue weighted by molar-refractivity contribution is 0.514. The molecule has 0 spiro atoms. The lowest BCUT2D eigenvalue weighted by atomic mass is 10.1. The Hall–Kier alpha value is -4.15. The molecule has 6 heterocycles. The first-order chi connectivity index (χ1) is 17.1. The SMILES string of the molecule is NC1CN(c2cncc(-c3ccc4[nH]nc(-c5cc6c(-c7ccc(F)s7)cccc6[nH]5)c4n3)n2)C1. The van der Waals surface area contributed by atoms with E-state index in [2.05, 4.69) is 25.1 Å². The van der Waals surface area contributed by atoms with Gasteiger partial charge < -0.3 is 15.6 Å². The predicted octanol–water partition coefficient (Wildman–Crippen LogP) is 4.58. The van der Waals surface area contributed by atoms with E-state index < -0.39 is 0 Å². The maximum absolute atomic E-state index is 13.7. The second-order valence-electron chi connectivity index (χ2n) is 8.65. The summed E-state index contributed by atoms with van der Waals surface area (Å²) in [4.78, 5) is 20.4. The fraction of sp³-hybridized carbons (Fsp3) is 0.120. The standard InChI is InChI=1S/C25H19FN8S/c26-22-7-6-21(35-22)14-2-1-3-16-15(14)8-19(29-16)25-24-18(32-33-25)5-4-17(31-24)20-9-28-10-23(30-20)34-11-13(27)12-34/h1-10,13,29H,11-12,27H2,(H,32,33). The van der Waals surface area contributed by atoms with Crippen LogP contribution in [0.15, 0.2) is 60.9 Å². The molecule has 0 aliphatic carbocycles. The van der Waals surface area contributed by atoms with Crippen molar-refractivity contribution < 1.29 is 4.39 Å². The van der Waals surface area contributed by atoms with Crippen molar-refractivity contribution in [2.24, 2.45) is 5.73 Å². The smallest absolute Gasteiger partial charge is 0.176 e. The van der Waals surface area contributed by atoms with Gasteiger partial charge in [0, 0.05) is 40.5 Å². The molecule has 7 rings (SSSR count). The zero-order valence-corrected chi connectivity index (χ0v) is 19.2. The summed E-state index contributed by atoms with van der Waals surface area (Å²) in [7, 11) is 0. The average molecular weight is 483 g/mol. The Morgan fingerprint density at radius 2 is 1.91 bits per heavy atom. The highest BCUT2D eigenvalue weighted by atomic mass is 32.1. The summed E-state index contributed by atoms with van der Waals surface area (Å²) in [6, 6.07) is 15.3. The number of halogens is 1. The van der Waals surface area contributed by atoms with Gasteiger partial charge in [0.2, 0.25) is 0 Å². The van der Waals surface area contributed by atoms with Crippen molar-refractivity contribution in [2.75, 3.05) is 18.0 Å². The highest BCUT2D eigenvalue weighted by Crippen LogP contribution is 2.36. The van der Waals surface area contributed by atoms with E-state index >= 15 is 0 Å². The Labute approximate surface area is 202 Å². The molecular formula is C25H19FN8S. The van der Waals surface area contributed by atoms with Crippen molar-refractivity contribution in [3.8, 4) is 33.2 Å². The fourth-order valence-corrected chi connectivity index (χ4v) is 5.29. The maximum atomic E-state index is 13.7. The van der Waals surface area contributed by atoms with Crippen LogP contribution in [-0.4, -0.2) is 49.3 Å². The van der Waals surface area contributed by atoms with Crippen LogP contribution in [0.3, 0.4) is 0 Å². The number of hydrogen-bond donors (Lipinski definition) is 3. The highest BCUT2D eigenvalue weighted by Gasteiger charge is 2.25. The van der Waals surface area contributed by atoms with Crippen LogP contribution in [0.4, 0.5) is 10.2 Å². The monoisotopic (exact) mass is 482 g/mol. The van der Waals surface area contributed by atoms with Gasteiger partial charge >= 0.3 is 0 Å². The van der Waals surface area contributed by atoms with Crippen LogP contribution in [0.25, 0.3) is 55.2 Å². The number of rotatable bonds is 4. The van der Waals surface area contributed by atoms with Crippen LogP contribution in [0.5, 0.6) is 0 Å². The van der Waals surface area contributed by atoms with Gasteiger partial charge in [-0.15, -0.1) is 11.3 Å². The van der Waals surface area contributed by atoms with Crippen molar-refractivity contribution in [3.05, 3.63) is 66.1 Å². The third-order valence-corrected chi connectivity index (χ3v) is 7.19. The summed E-state index contributed by atoms with van der Waals surface area (Å²) in [6.45, 7) is 1.55. The van der Waals surface area contributed by atoms with Gasteiger partial charge in [0.15, 0.2) is 5.13 Å². The second kappa shape index (κ2) is 7.69. The zero-order valence-electron chi connectivity index (χ0n) is 18.4. The topological polar surface area (TPSA) is 112 Å². The Morgan fingerprint density at radius 1 is 1.00 bits per heavy atom. The summed E-state index contributed by atoms with van der Waals surface area (Å²) in [5, 5.41) is 8.42. The molecule has 0 saturated carbocycles. The first-order valence-electron chi connectivity index (χ1n) is 11.2. The molecule has 4 N–H and O–H groups in total. The third kappa shape index (κ3) is 3.37. The largest absolute Gasteiger partial charge is 0.353 e. The predicted molar refractivity (Wildman–Crippen MR) is 136 cm³/mol. The molecule has 5 aromatic heterocycles. The summed E-state index contributed by atoms with van der Waals surface area (Å²) < 4.78 is 13.7. The summed E-state index contributed by atoms with van der Waals surface area (Å²) >= 11 is 1.14.